The summed E-state index contributed by atoms with van der Waals surface area (Å²) in [6.45, 7) is 10.4. The summed E-state index contributed by atoms with van der Waals surface area (Å²) < 4.78 is 11.7. The maximum Gasteiger partial charge on any atom is 0.241 e. The summed E-state index contributed by atoms with van der Waals surface area (Å²) in [6.07, 6.45) is 2.59. The largest absolute Gasteiger partial charge is 0.487 e. The van der Waals surface area contributed by atoms with Crippen molar-refractivity contribution in [1.82, 2.24) is 20.4 Å². The predicted molar refractivity (Wildman–Crippen MR) is 134 cm³/mol. The summed E-state index contributed by atoms with van der Waals surface area (Å²) in [5.74, 6) is 2.11. The molecular formula is C28H34N4O3. The lowest BCUT2D eigenvalue weighted by Gasteiger charge is -2.39. The fourth-order valence-corrected chi connectivity index (χ4v) is 5.23. The van der Waals surface area contributed by atoms with Crippen LogP contribution in [0.3, 0.4) is 0 Å². The van der Waals surface area contributed by atoms with Gasteiger partial charge in [0.25, 0.3) is 0 Å². The zero-order valence-electron chi connectivity index (χ0n) is 21.0. The van der Waals surface area contributed by atoms with Crippen LogP contribution >= 0.6 is 0 Å². The Labute approximate surface area is 206 Å². The number of nitrogens with zero attached hydrogens (tertiary/aromatic N) is 3. The average Bonchev–Trinajstić information content (AvgIpc) is 3.26. The predicted octanol–water partition coefficient (Wildman–Crippen LogP) is 4.98. The van der Waals surface area contributed by atoms with Crippen molar-refractivity contribution in [2.24, 2.45) is 5.92 Å². The molecule has 184 valence electrons. The third-order valence-corrected chi connectivity index (χ3v) is 7.03. The number of aromatic nitrogens is 2. The second-order valence-corrected chi connectivity index (χ2v) is 10.6. The second kappa shape index (κ2) is 9.46. The Morgan fingerprint density at radius 1 is 1.20 bits per heavy atom. The van der Waals surface area contributed by atoms with Gasteiger partial charge in [-0.25, -0.2) is 0 Å². The monoisotopic (exact) mass is 474 g/mol. The van der Waals surface area contributed by atoms with Crippen molar-refractivity contribution in [3.05, 3.63) is 65.0 Å². The van der Waals surface area contributed by atoms with Crippen molar-refractivity contribution in [2.45, 2.75) is 65.1 Å². The van der Waals surface area contributed by atoms with Gasteiger partial charge in [-0.2, -0.15) is 4.98 Å². The Morgan fingerprint density at radius 2 is 2.03 bits per heavy atom. The lowest BCUT2D eigenvalue weighted by Crippen LogP contribution is -2.46. The van der Waals surface area contributed by atoms with Gasteiger partial charge in [0.2, 0.25) is 17.6 Å². The molecule has 5 rings (SSSR count). The minimum atomic E-state index is -0.329. The molecule has 0 radical (unpaired) electrons. The molecule has 3 heterocycles. The molecule has 0 aliphatic carbocycles. The minimum absolute atomic E-state index is 0.0511. The van der Waals surface area contributed by atoms with Gasteiger partial charge in [0.15, 0.2) is 0 Å². The Morgan fingerprint density at radius 3 is 2.86 bits per heavy atom. The van der Waals surface area contributed by atoms with E-state index in [1.54, 1.807) is 0 Å². The summed E-state index contributed by atoms with van der Waals surface area (Å²) in [7, 11) is 0. The molecule has 1 saturated heterocycles. The Bertz CT molecular complexity index is 1220. The standard InChI is InChI=1S/C28H34N4O3/c1-18-11-12-22-23(15-28(3,4)34-24(22)14-18)29-27(33)20-9-7-13-32(16-20)17-25-30-26(31-35-25)21-10-6-5-8-19(21)2/h5-6,8,10-12,14,20,23H,7,9,13,15-17H2,1-4H3,(H,29,33). The van der Waals surface area contributed by atoms with E-state index in [1.807, 2.05) is 31.2 Å². The van der Waals surface area contributed by atoms with E-state index in [1.165, 1.54) is 0 Å². The summed E-state index contributed by atoms with van der Waals surface area (Å²) in [5, 5.41) is 7.52. The third-order valence-electron chi connectivity index (χ3n) is 7.03. The first-order chi connectivity index (χ1) is 16.8. The number of nitrogens with one attached hydrogen (secondary N) is 1. The molecule has 7 nitrogen and oxygen atoms in total. The van der Waals surface area contributed by atoms with Crippen molar-refractivity contribution in [2.75, 3.05) is 13.1 Å². The third kappa shape index (κ3) is 5.25. The lowest BCUT2D eigenvalue weighted by atomic mass is 9.88. The number of benzene rings is 2. The number of amides is 1. The van der Waals surface area contributed by atoms with Crippen molar-refractivity contribution >= 4 is 5.91 Å². The van der Waals surface area contributed by atoms with Crippen LogP contribution in [0.15, 0.2) is 47.0 Å². The van der Waals surface area contributed by atoms with E-state index in [-0.39, 0.29) is 23.5 Å². The van der Waals surface area contributed by atoms with Gasteiger partial charge >= 0.3 is 0 Å². The van der Waals surface area contributed by atoms with E-state index >= 15 is 0 Å². The number of carbonyl (C=O) groups excluding carboxylic acids is 1. The van der Waals surface area contributed by atoms with E-state index in [0.717, 1.165) is 53.8 Å². The van der Waals surface area contributed by atoms with Crippen LogP contribution in [-0.2, 0) is 11.3 Å². The van der Waals surface area contributed by atoms with E-state index in [4.69, 9.17) is 9.26 Å². The molecule has 7 heteroatoms. The van der Waals surface area contributed by atoms with Gasteiger partial charge in [0.05, 0.1) is 18.5 Å². The highest BCUT2D eigenvalue weighted by molar-refractivity contribution is 5.79. The lowest BCUT2D eigenvalue weighted by molar-refractivity contribution is -0.128. The molecular weight excluding hydrogens is 440 g/mol. The van der Waals surface area contributed by atoms with Crippen molar-refractivity contribution in [1.29, 1.82) is 0 Å². The van der Waals surface area contributed by atoms with Crippen LogP contribution in [-0.4, -0.2) is 39.6 Å². The van der Waals surface area contributed by atoms with E-state index < -0.39 is 0 Å². The van der Waals surface area contributed by atoms with Gasteiger partial charge in [-0.15, -0.1) is 0 Å². The molecule has 35 heavy (non-hydrogen) atoms. The van der Waals surface area contributed by atoms with Crippen molar-refractivity contribution in [3.63, 3.8) is 0 Å². The molecule has 2 unspecified atom stereocenters. The molecule has 2 aliphatic heterocycles. The highest BCUT2D eigenvalue weighted by atomic mass is 16.5. The maximum atomic E-state index is 13.3. The summed E-state index contributed by atoms with van der Waals surface area (Å²) in [4.78, 5) is 20.2. The van der Waals surface area contributed by atoms with E-state index in [0.29, 0.717) is 24.8 Å². The molecule has 2 atom stereocenters. The summed E-state index contributed by atoms with van der Waals surface area (Å²) >= 11 is 0. The van der Waals surface area contributed by atoms with Crippen LogP contribution in [0, 0.1) is 19.8 Å². The van der Waals surface area contributed by atoms with Gasteiger partial charge in [0, 0.05) is 24.1 Å². The fourth-order valence-electron chi connectivity index (χ4n) is 5.23. The van der Waals surface area contributed by atoms with Crippen LogP contribution in [0.25, 0.3) is 11.4 Å². The molecule has 2 aromatic carbocycles. The van der Waals surface area contributed by atoms with Crippen LogP contribution in [0.5, 0.6) is 5.75 Å². The Hall–Kier alpha value is -3.19. The molecule has 1 aromatic heterocycles. The van der Waals surface area contributed by atoms with Gasteiger partial charge in [-0.05, 0) is 64.3 Å². The average molecular weight is 475 g/mol. The molecule has 0 spiro atoms. The van der Waals surface area contributed by atoms with Crippen LogP contribution in [0.2, 0.25) is 0 Å². The van der Waals surface area contributed by atoms with Crippen LogP contribution in [0.1, 0.15) is 61.7 Å². The summed E-state index contributed by atoms with van der Waals surface area (Å²) in [6, 6.07) is 14.2. The first-order valence-corrected chi connectivity index (χ1v) is 12.5. The molecule has 1 N–H and O–H groups in total. The quantitative estimate of drug-likeness (QED) is 0.562. The van der Waals surface area contributed by atoms with E-state index in [2.05, 4.69) is 59.3 Å². The fraction of sp³-hybridized carbons (Fsp3) is 0.464. The number of likely N-dealkylation sites (tertiary alicyclic amines) is 1. The molecule has 3 aromatic rings. The highest BCUT2D eigenvalue weighted by Crippen LogP contribution is 2.40. The number of rotatable bonds is 5. The SMILES string of the molecule is Cc1ccc2c(c1)OC(C)(C)CC2NC(=O)C1CCCN(Cc2nc(-c3ccccc3C)no2)C1. The Kier molecular flexibility index (Phi) is 6.36. The zero-order chi connectivity index (χ0) is 24.6. The molecule has 2 aliphatic rings. The van der Waals surface area contributed by atoms with E-state index in [9.17, 15) is 4.79 Å². The smallest absolute Gasteiger partial charge is 0.241 e. The Balaban J connectivity index is 1.24. The number of ether oxygens (including phenoxy) is 1. The van der Waals surface area contributed by atoms with Gasteiger partial charge in [0.1, 0.15) is 11.4 Å². The number of piperidine rings is 1. The highest BCUT2D eigenvalue weighted by Gasteiger charge is 2.36. The van der Waals surface area contributed by atoms with Crippen LogP contribution in [0.4, 0.5) is 0 Å². The van der Waals surface area contributed by atoms with Crippen molar-refractivity contribution < 1.29 is 14.1 Å². The molecule has 0 saturated carbocycles. The first-order valence-electron chi connectivity index (χ1n) is 12.5. The number of fused-ring (bicyclic) bond motifs is 1. The van der Waals surface area contributed by atoms with Gasteiger partial charge in [-0.1, -0.05) is 41.6 Å². The zero-order valence-corrected chi connectivity index (χ0v) is 21.0. The number of carbonyl (C=O) groups is 1. The van der Waals surface area contributed by atoms with Gasteiger partial charge in [-0.3, -0.25) is 9.69 Å². The maximum absolute atomic E-state index is 13.3. The topological polar surface area (TPSA) is 80.5 Å². The molecule has 1 fully saturated rings. The number of hydrogen-bond acceptors (Lipinski definition) is 6. The number of hydrogen-bond donors (Lipinski definition) is 1. The summed E-state index contributed by atoms with van der Waals surface area (Å²) in [5.41, 5.74) is 3.98. The van der Waals surface area contributed by atoms with Crippen LogP contribution < -0.4 is 10.1 Å². The molecule has 1 amide bonds. The normalized spacial score (nSPS) is 21.7. The first kappa shape index (κ1) is 23.5. The van der Waals surface area contributed by atoms with Crippen molar-refractivity contribution in [3.8, 4) is 17.1 Å². The molecule has 0 bridgehead atoms. The second-order valence-electron chi connectivity index (χ2n) is 10.6. The van der Waals surface area contributed by atoms with Gasteiger partial charge < -0.3 is 14.6 Å². The number of aryl methyl sites for hydroxylation is 2. The minimum Gasteiger partial charge on any atom is -0.487 e.